The van der Waals surface area contributed by atoms with Crippen molar-refractivity contribution >= 4 is 11.9 Å². The predicted molar refractivity (Wildman–Crippen MR) is 69.0 cm³/mol. The second-order valence-corrected chi connectivity index (χ2v) is 5.69. The highest BCUT2D eigenvalue weighted by molar-refractivity contribution is 5.95. The predicted octanol–water partition coefficient (Wildman–Crippen LogP) is 2.23. The zero-order chi connectivity index (χ0) is 13.8. The third kappa shape index (κ3) is 5.72. The molecule has 4 nitrogen and oxygen atoms in total. The molecule has 0 aliphatic heterocycles. The molecule has 0 radical (unpaired) electrons. The summed E-state index contributed by atoms with van der Waals surface area (Å²) < 4.78 is 5.32. The van der Waals surface area contributed by atoms with Gasteiger partial charge in [-0.25, -0.2) is 4.79 Å². The number of amides is 1. The Kier molecular flexibility index (Phi) is 4.77. The van der Waals surface area contributed by atoms with Crippen LogP contribution in [0.25, 0.3) is 0 Å². The Morgan fingerprint density at radius 1 is 1.39 bits per heavy atom. The van der Waals surface area contributed by atoms with Crippen molar-refractivity contribution in [3.63, 3.8) is 0 Å². The van der Waals surface area contributed by atoms with Crippen molar-refractivity contribution in [2.24, 2.45) is 5.92 Å². The fraction of sp³-hybridized carbons (Fsp3) is 0.714. The molecule has 0 bridgehead atoms. The highest BCUT2D eigenvalue weighted by Gasteiger charge is 2.29. The number of rotatable bonds is 5. The topological polar surface area (TPSA) is 46.6 Å². The van der Waals surface area contributed by atoms with Crippen LogP contribution in [0.5, 0.6) is 0 Å². The Hall–Kier alpha value is -1.50. The maximum absolute atomic E-state index is 12.0. The van der Waals surface area contributed by atoms with Crippen LogP contribution in [0.15, 0.2) is 0 Å². The van der Waals surface area contributed by atoms with E-state index in [9.17, 15) is 9.59 Å². The summed E-state index contributed by atoms with van der Waals surface area (Å²) in [5, 5.41) is 0. The van der Waals surface area contributed by atoms with Gasteiger partial charge >= 0.3 is 6.09 Å². The summed E-state index contributed by atoms with van der Waals surface area (Å²) in [7, 11) is 0. The number of hydrogen-bond acceptors (Lipinski definition) is 3. The van der Waals surface area contributed by atoms with E-state index < -0.39 is 5.60 Å². The highest BCUT2D eigenvalue weighted by atomic mass is 16.6. The monoisotopic (exact) mass is 251 g/mol. The summed E-state index contributed by atoms with van der Waals surface area (Å²) in [6.07, 6.45) is 7.13. The molecule has 0 aromatic rings. The molecule has 0 unspecified atom stereocenters. The lowest BCUT2D eigenvalue weighted by molar-refractivity contribution is -0.114. The van der Waals surface area contributed by atoms with Crippen LogP contribution in [-0.2, 0) is 9.53 Å². The quantitative estimate of drug-likeness (QED) is 0.556. The average molecular weight is 251 g/mol. The van der Waals surface area contributed by atoms with Gasteiger partial charge in [-0.2, -0.15) is 0 Å². The van der Waals surface area contributed by atoms with Crippen molar-refractivity contribution in [1.29, 1.82) is 0 Å². The van der Waals surface area contributed by atoms with E-state index in [1.54, 1.807) is 4.90 Å². The van der Waals surface area contributed by atoms with Gasteiger partial charge in [0.2, 0.25) is 5.78 Å². The van der Waals surface area contributed by atoms with Gasteiger partial charge in [0.05, 0.1) is 0 Å². The molecule has 0 N–H and O–H groups in total. The van der Waals surface area contributed by atoms with Crippen LogP contribution < -0.4 is 0 Å². The van der Waals surface area contributed by atoms with Crippen molar-refractivity contribution in [3.8, 4) is 12.3 Å². The van der Waals surface area contributed by atoms with E-state index in [1.807, 2.05) is 20.8 Å². The fourth-order valence-corrected chi connectivity index (χ4v) is 1.50. The Balaban J connectivity index is 2.51. The Bertz CT molecular complexity index is 358. The molecular formula is C14H21NO3. The second kappa shape index (κ2) is 5.90. The molecule has 1 aliphatic carbocycles. The van der Waals surface area contributed by atoms with Gasteiger partial charge in [-0.05, 0) is 45.5 Å². The van der Waals surface area contributed by atoms with Crippen molar-refractivity contribution in [3.05, 3.63) is 0 Å². The number of Topliss-reactive ketones (excluding diaryl/α,β-unsaturated/α-hetero) is 1. The third-order valence-corrected chi connectivity index (χ3v) is 2.60. The Morgan fingerprint density at radius 2 is 2.00 bits per heavy atom. The van der Waals surface area contributed by atoms with Crippen LogP contribution in [0.2, 0.25) is 0 Å². The molecule has 0 atom stereocenters. The van der Waals surface area contributed by atoms with Crippen LogP contribution in [-0.4, -0.2) is 35.5 Å². The lowest BCUT2D eigenvalue weighted by Gasteiger charge is -2.27. The van der Waals surface area contributed by atoms with E-state index in [0.29, 0.717) is 19.0 Å². The molecule has 4 heteroatoms. The molecule has 18 heavy (non-hydrogen) atoms. The van der Waals surface area contributed by atoms with E-state index in [0.717, 1.165) is 12.8 Å². The summed E-state index contributed by atoms with van der Waals surface area (Å²) in [5.74, 6) is 2.33. The van der Waals surface area contributed by atoms with Gasteiger partial charge in [-0.15, -0.1) is 6.42 Å². The zero-order valence-electron chi connectivity index (χ0n) is 11.4. The van der Waals surface area contributed by atoms with E-state index in [4.69, 9.17) is 11.2 Å². The maximum atomic E-state index is 12.0. The maximum Gasteiger partial charge on any atom is 0.410 e. The van der Waals surface area contributed by atoms with E-state index >= 15 is 0 Å². The molecular weight excluding hydrogens is 230 g/mol. The van der Waals surface area contributed by atoms with Gasteiger partial charge in [0.15, 0.2) is 0 Å². The van der Waals surface area contributed by atoms with Crippen molar-refractivity contribution < 1.29 is 14.3 Å². The Morgan fingerprint density at radius 3 is 2.44 bits per heavy atom. The first-order valence-corrected chi connectivity index (χ1v) is 6.29. The summed E-state index contributed by atoms with van der Waals surface area (Å²) >= 11 is 0. The standard InChI is InChI=1S/C14H21NO3/c1-5-12(16)8-9-15(10-11-6-7-11)13(17)18-14(2,3)4/h1,11H,6-10H2,2-4H3. The van der Waals surface area contributed by atoms with Crippen LogP contribution in [0.1, 0.15) is 40.0 Å². The van der Waals surface area contributed by atoms with E-state index in [2.05, 4.69) is 5.92 Å². The molecule has 1 fully saturated rings. The smallest absolute Gasteiger partial charge is 0.410 e. The van der Waals surface area contributed by atoms with Gasteiger partial charge in [-0.1, -0.05) is 0 Å². The number of terminal acetylenes is 1. The van der Waals surface area contributed by atoms with Crippen molar-refractivity contribution in [1.82, 2.24) is 4.90 Å². The molecule has 0 aromatic heterocycles. The van der Waals surface area contributed by atoms with Crippen LogP contribution in [0, 0.1) is 18.3 Å². The molecule has 1 rings (SSSR count). The average Bonchev–Trinajstić information content (AvgIpc) is 3.04. The lowest BCUT2D eigenvalue weighted by atomic mass is 10.2. The molecule has 1 saturated carbocycles. The van der Waals surface area contributed by atoms with Gasteiger partial charge in [0.1, 0.15) is 5.60 Å². The molecule has 1 aliphatic rings. The number of nitrogens with zero attached hydrogens (tertiary/aromatic N) is 1. The largest absolute Gasteiger partial charge is 0.444 e. The van der Waals surface area contributed by atoms with Crippen LogP contribution in [0.3, 0.4) is 0 Å². The summed E-state index contributed by atoms with van der Waals surface area (Å²) in [4.78, 5) is 24.7. The minimum Gasteiger partial charge on any atom is -0.444 e. The first-order chi connectivity index (χ1) is 8.31. The number of carbonyl (C=O) groups is 2. The minimum atomic E-state index is -0.519. The fourth-order valence-electron chi connectivity index (χ4n) is 1.50. The van der Waals surface area contributed by atoms with E-state index in [1.165, 1.54) is 0 Å². The first-order valence-electron chi connectivity index (χ1n) is 6.29. The summed E-state index contributed by atoms with van der Waals surface area (Å²) in [6.45, 7) is 6.48. The molecule has 0 heterocycles. The molecule has 1 amide bonds. The number of ketones is 1. The minimum absolute atomic E-state index is 0.197. The second-order valence-electron chi connectivity index (χ2n) is 5.69. The van der Waals surface area contributed by atoms with Crippen molar-refractivity contribution in [2.75, 3.05) is 13.1 Å². The molecule has 0 spiro atoms. The van der Waals surface area contributed by atoms with E-state index in [-0.39, 0.29) is 18.3 Å². The summed E-state index contributed by atoms with van der Waals surface area (Å²) in [6, 6.07) is 0. The number of hydrogen-bond donors (Lipinski definition) is 0. The van der Waals surface area contributed by atoms with Crippen molar-refractivity contribution in [2.45, 2.75) is 45.6 Å². The number of carbonyl (C=O) groups excluding carboxylic acids is 2. The SMILES string of the molecule is C#CC(=O)CCN(CC1CC1)C(=O)OC(C)(C)C. The van der Waals surface area contributed by atoms with Gasteiger partial charge in [0, 0.05) is 19.5 Å². The van der Waals surface area contributed by atoms with Gasteiger partial charge in [0.25, 0.3) is 0 Å². The third-order valence-electron chi connectivity index (χ3n) is 2.60. The Labute approximate surface area is 109 Å². The molecule has 0 aromatic carbocycles. The molecule has 100 valence electrons. The zero-order valence-corrected chi connectivity index (χ0v) is 11.4. The number of ether oxygens (including phenoxy) is 1. The highest BCUT2D eigenvalue weighted by Crippen LogP contribution is 2.30. The first kappa shape index (κ1) is 14.6. The van der Waals surface area contributed by atoms with Crippen LogP contribution in [0.4, 0.5) is 4.79 Å². The van der Waals surface area contributed by atoms with Gasteiger partial charge in [-0.3, -0.25) is 4.79 Å². The molecule has 0 saturated heterocycles. The normalized spacial score (nSPS) is 14.8. The summed E-state index contributed by atoms with van der Waals surface area (Å²) in [5.41, 5.74) is -0.519. The van der Waals surface area contributed by atoms with Gasteiger partial charge < -0.3 is 9.64 Å². The lowest BCUT2D eigenvalue weighted by Crippen LogP contribution is -2.39. The van der Waals surface area contributed by atoms with Crippen LogP contribution >= 0.6 is 0 Å².